The van der Waals surface area contributed by atoms with Crippen LogP contribution in [0.5, 0.6) is 0 Å². The summed E-state index contributed by atoms with van der Waals surface area (Å²) in [5.41, 5.74) is 3.81. The van der Waals surface area contributed by atoms with Crippen LogP contribution in [0.1, 0.15) is 58.3 Å². The molecular weight excluding hydrogens is 212 g/mol. The summed E-state index contributed by atoms with van der Waals surface area (Å²) in [4.78, 5) is 0. The predicted octanol–water partition coefficient (Wildman–Crippen LogP) is 4.80. The van der Waals surface area contributed by atoms with E-state index in [1.807, 2.05) is 11.1 Å². The first kappa shape index (κ1) is 11.2. The van der Waals surface area contributed by atoms with Crippen molar-refractivity contribution in [2.24, 2.45) is 11.8 Å². The minimum Gasteiger partial charge on any atom is -0.158 e. The molecule has 0 N–H and O–H groups in total. The first-order chi connectivity index (χ1) is 7.75. The van der Waals surface area contributed by atoms with Crippen molar-refractivity contribution in [1.82, 2.24) is 0 Å². The molecule has 0 aliphatic heterocycles. The Morgan fingerprint density at radius 1 is 1.12 bits per heavy atom. The topological polar surface area (TPSA) is 0 Å². The van der Waals surface area contributed by atoms with Crippen molar-refractivity contribution in [3.63, 3.8) is 0 Å². The van der Waals surface area contributed by atoms with Gasteiger partial charge in [0.25, 0.3) is 0 Å². The second-order valence-electron chi connectivity index (χ2n) is 6.11. The molecule has 3 rings (SSSR count). The highest BCUT2D eigenvalue weighted by Crippen LogP contribution is 2.57. The second kappa shape index (κ2) is 4.08. The summed E-state index contributed by atoms with van der Waals surface area (Å²) < 4.78 is 0.578. The smallest absolute Gasteiger partial charge is 0.0225 e. The molecule has 3 atom stereocenters. The Balaban J connectivity index is 2.00. The number of fused-ring (bicyclic) bond motifs is 3. The quantitative estimate of drug-likeness (QED) is 0.589. The third kappa shape index (κ3) is 1.50. The lowest BCUT2D eigenvalue weighted by atomic mass is 9.60. The van der Waals surface area contributed by atoms with Crippen LogP contribution < -0.4 is 0 Å². The first-order valence-corrected chi connectivity index (χ1v) is 8.24. The minimum atomic E-state index is 0.578. The summed E-state index contributed by atoms with van der Waals surface area (Å²) >= 11 is 2.16. The van der Waals surface area contributed by atoms with E-state index in [0.29, 0.717) is 4.75 Å². The zero-order valence-electron chi connectivity index (χ0n) is 10.7. The fourth-order valence-corrected chi connectivity index (χ4v) is 5.58. The number of hydrogen-bond donors (Lipinski definition) is 0. The zero-order chi connectivity index (χ0) is 11.2. The molecule has 2 bridgehead atoms. The Labute approximate surface area is 104 Å². The van der Waals surface area contributed by atoms with E-state index >= 15 is 0 Å². The van der Waals surface area contributed by atoms with E-state index in [0.717, 1.165) is 11.8 Å². The van der Waals surface area contributed by atoms with Crippen LogP contribution in [0.25, 0.3) is 0 Å². The summed E-state index contributed by atoms with van der Waals surface area (Å²) in [6.07, 6.45) is 14.1. The molecule has 16 heavy (non-hydrogen) atoms. The first-order valence-electron chi connectivity index (χ1n) is 7.01. The fourth-order valence-electron chi connectivity index (χ4n) is 4.50. The predicted molar refractivity (Wildman–Crippen MR) is 72.9 cm³/mol. The lowest BCUT2D eigenvalue weighted by Gasteiger charge is -2.53. The Kier molecular flexibility index (Phi) is 2.86. The molecule has 2 unspecified atom stereocenters. The highest BCUT2D eigenvalue weighted by atomic mass is 32.2. The molecule has 1 fully saturated rings. The van der Waals surface area contributed by atoms with Crippen LogP contribution in [0.3, 0.4) is 0 Å². The maximum atomic E-state index is 2.56. The van der Waals surface area contributed by atoms with Gasteiger partial charge in [0, 0.05) is 4.75 Å². The summed E-state index contributed by atoms with van der Waals surface area (Å²) in [6, 6.07) is 0. The number of rotatable bonds is 1. The molecule has 0 radical (unpaired) electrons. The lowest BCUT2D eigenvalue weighted by molar-refractivity contribution is 0.196. The molecule has 3 aliphatic rings. The largest absolute Gasteiger partial charge is 0.158 e. The van der Waals surface area contributed by atoms with Crippen molar-refractivity contribution in [2.75, 3.05) is 6.26 Å². The van der Waals surface area contributed by atoms with E-state index in [1.54, 1.807) is 0 Å². The molecule has 0 nitrogen and oxygen atoms in total. The molecular formula is C15H24S. The van der Waals surface area contributed by atoms with Gasteiger partial charge in [0.2, 0.25) is 0 Å². The van der Waals surface area contributed by atoms with E-state index in [1.165, 1.54) is 51.4 Å². The minimum absolute atomic E-state index is 0.578. The Bertz CT molecular complexity index is 317. The van der Waals surface area contributed by atoms with Gasteiger partial charge in [-0.15, -0.1) is 0 Å². The molecule has 0 heterocycles. The van der Waals surface area contributed by atoms with Gasteiger partial charge in [-0.3, -0.25) is 0 Å². The Hall–Kier alpha value is 0.0900. The molecule has 0 aromatic heterocycles. The van der Waals surface area contributed by atoms with E-state index in [9.17, 15) is 0 Å². The van der Waals surface area contributed by atoms with Crippen LogP contribution in [0, 0.1) is 11.8 Å². The van der Waals surface area contributed by atoms with Gasteiger partial charge >= 0.3 is 0 Å². The molecule has 3 aliphatic carbocycles. The number of thioether (sulfide) groups is 1. The van der Waals surface area contributed by atoms with E-state index in [4.69, 9.17) is 0 Å². The van der Waals surface area contributed by atoms with Crippen molar-refractivity contribution in [1.29, 1.82) is 0 Å². The van der Waals surface area contributed by atoms with Gasteiger partial charge in [-0.25, -0.2) is 0 Å². The maximum absolute atomic E-state index is 2.56. The van der Waals surface area contributed by atoms with Gasteiger partial charge in [0.05, 0.1) is 0 Å². The van der Waals surface area contributed by atoms with Crippen LogP contribution >= 0.6 is 11.8 Å². The summed E-state index contributed by atoms with van der Waals surface area (Å²) in [5.74, 6) is 1.92. The third-order valence-corrected chi connectivity index (χ3v) is 7.03. The maximum Gasteiger partial charge on any atom is 0.0225 e. The molecule has 1 heteroatoms. The Morgan fingerprint density at radius 3 is 2.75 bits per heavy atom. The number of allylic oxidation sites excluding steroid dienone is 2. The molecule has 0 spiro atoms. The average Bonchev–Trinajstić information content (AvgIpc) is 2.29. The van der Waals surface area contributed by atoms with E-state index < -0.39 is 0 Å². The zero-order valence-corrected chi connectivity index (χ0v) is 11.5. The second-order valence-corrected chi connectivity index (χ2v) is 7.40. The summed E-state index contributed by atoms with van der Waals surface area (Å²) in [7, 11) is 0. The van der Waals surface area contributed by atoms with Gasteiger partial charge in [-0.05, 0) is 70.0 Å². The molecule has 1 saturated carbocycles. The molecule has 0 aromatic carbocycles. The summed E-state index contributed by atoms with van der Waals surface area (Å²) in [6.45, 7) is 2.56. The standard InChI is InChI=1S/C15H24S/c1-15(16-2)12-7-5-9-14(15)13-8-4-3-6-11(13)10-12/h12,14H,3-10H2,1-2H3/t12?,14?,15-/m0/s1. The lowest BCUT2D eigenvalue weighted by Crippen LogP contribution is -2.47. The van der Waals surface area contributed by atoms with Crippen LogP contribution in [0.4, 0.5) is 0 Å². The number of hydrogen-bond acceptors (Lipinski definition) is 1. The van der Waals surface area contributed by atoms with Crippen molar-refractivity contribution >= 4 is 11.8 Å². The monoisotopic (exact) mass is 236 g/mol. The summed E-state index contributed by atoms with van der Waals surface area (Å²) in [5, 5.41) is 0. The highest BCUT2D eigenvalue weighted by Gasteiger charge is 2.48. The van der Waals surface area contributed by atoms with Crippen molar-refractivity contribution in [3.05, 3.63) is 11.1 Å². The van der Waals surface area contributed by atoms with Crippen molar-refractivity contribution in [2.45, 2.75) is 63.0 Å². The molecule has 0 aromatic rings. The van der Waals surface area contributed by atoms with Crippen LogP contribution in [-0.2, 0) is 0 Å². The van der Waals surface area contributed by atoms with Crippen LogP contribution in [0.2, 0.25) is 0 Å². The van der Waals surface area contributed by atoms with Gasteiger partial charge in [-0.1, -0.05) is 17.6 Å². The molecule has 0 amide bonds. The average molecular weight is 236 g/mol. The normalized spacial score (nSPS) is 43.1. The Morgan fingerprint density at radius 2 is 1.94 bits per heavy atom. The molecule has 90 valence electrons. The SMILES string of the molecule is CS[C@@]1(C)C2CCCC1C1=C(CCCC1)C2. The van der Waals surface area contributed by atoms with Crippen molar-refractivity contribution < 1.29 is 0 Å². The third-order valence-electron chi connectivity index (χ3n) is 5.53. The van der Waals surface area contributed by atoms with Crippen molar-refractivity contribution in [3.8, 4) is 0 Å². The van der Waals surface area contributed by atoms with Gasteiger partial charge < -0.3 is 0 Å². The van der Waals surface area contributed by atoms with Gasteiger partial charge in [0.1, 0.15) is 0 Å². The van der Waals surface area contributed by atoms with Gasteiger partial charge in [0.15, 0.2) is 0 Å². The van der Waals surface area contributed by atoms with E-state index in [-0.39, 0.29) is 0 Å². The fraction of sp³-hybridized carbons (Fsp3) is 0.867. The van der Waals surface area contributed by atoms with Gasteiger partial charge in [-0.2, -0.15) is 11.8 Å². The highest BCUT2D eigenvalue weighted by molar-refractivity contribution is 8.00. The molecule has 0 saturated heterocycles. The van der Waals surface area contributed by atoms with E-state index in [2.05, 4.69) is 24.9 Å². The van der Waals surface area contributed by atoms with Crippen LogP contribution in [-0.4, -0.2) is 11.0 Å². The van der Waals surface area contributed by atoms with Crippen LogP contribution in [0.15, 0.2) is 11.1 Å².